The molecule has 12 heteroatoms. The quantitative estimate of drug-likeness (QED) is 0.540. The summed E-state index contributed by atoms with van der Waals surface area (Å²) in [6, 6.07) is 4.17. The molecule has 0 radical (unpaired) electrons. The Bertz CT molecular complexity index is 952. The smallest absolute Gasteiger partial charge is 0.363 e. The second-order valence-corrected chi connectivity index (χ2v) is 7.54. The van der Waals surface area contributed by atoms with Gasteiger partial charge in [-0.3, -0.25) is 25.1 Å². The predicted octanol–water partition coefficient (Wildman–Crippen LogP) is 3.49. The van der Waals surface area contributed by atoms with E-state index in [1.54, 1.807) is 11.0 Å². The third-order valence-electron chi connectivity index (χ3n) is 4.96. The summed E-state index contributed by atoms with van der Waals surface area (Å²) in [5, 5.41) is 17.8. The monoisotopic (exact) mass is 441 g/mol. The predicted molar refractivity (Wildman–Crippen MR) is 106 cm³/mol. The first-order chi connectivity index (χ1) is 14.5. The van der Waals surface area contributed by atoms with Crippen molar-refractivity contribution in [2.24, 2.45) is 0 Å². The van der Waals surface area contributed by atoms with Crippen molar-refractivity contribution in [3.8, 4) is 0 Å². The van der Waals surface area contributed by atoms with Crippen LogP contribution in [0.15, 0.2) is 28.8 Å². The summed E-state index contributed by atoms with van der Waals surface area (Å²) in [7, 11) is 0. The van der Waals surface area contributed by atoms with Crippen molar-refractivity contribution in [2.45, 2.75) is 25.9 Å². The summed E-state index contributed by atoms with van der Waals surface area (Å²) in [6.07, 6.45) is -4.66. The molecular formula is C19H22F3N5O4. The first-order valence-corrected chi connectivity index (χ1v) is 9.64. The van der Waals surface area contributed by atoms with E-state index in [2.05, 4.69) is 10.5 Å². The molecule has 0 bridgehead atoms. The Morgan fingerprint density at radius 3 is 2.48 bits per heavy atom. The minimum absolute atomic E-state index is 0.0840. The second kappa shape index (κ2) is 8.92. The largest absolute Gasteiger partial charge is 0.416 e. The van der Waals surface area contributed by atoms with Crippen molar-refractivity contribution in [2.75, 3.05) is 42.9 Å². The van der Waals surface area contributed by atoms with Crippen molar-refractivity contribution >= 4 is 23.2 Å². The third-order valence-corrected chi connectivity index (χ3v) is 4.96. The van der Waals surface area contributed by atoms with E-state index in [-0.39, 0.29) is 29.9 Å². The zero-order chi connectivity index (χ0) is 22.8. The molecule has 2 heterocycles. The summed E-state index contributed by atoms with van der Waals surface area (Å²) in [5.74, 6) is 0.130. The standard InChI is InChI=1S/C19H22F3N5O4/c1-12(2)14-10-18(31-24-14)23-17(28)11-25-5-7-26(8-6-25)15-4-3-13(19(20,21)22)9-16(15)27(29)30/h3-4,9-10,12H,5-8,11H2,1-2H3,(H,23,28). The molecule has 1 amide bonds. The zero-order valence-corrected chi connectivity index (χ0v) is 17.0. The molecule has 1 N–H and O–H groups in total. The Kier molecular flexibility index (Phi) is 6.48. The Morgan fingerprint density at radius 1 is 1.26 bits per heavy atom. The van der Waals surface area contributed by atoms with E-state index in [1.807, 2.05) is 18.7 Å². The average molecular weight is 441 g/mol. The molecule has 168 valence electrons. The van der Waals surface area contributed by atoms with Crippen LogP contribution < -0.4 is 10.2 Å². The van der Waals surface area contributed by atoms with Crippen LogP contribution in [0.25, 0.3) is 0 Å². The molecule has 0 aliphatic carbocycles. The number of carbonyl (C=O) groups excluding carboxylic acids is 1. The van der Waals surface area contributed by atoms with Crippen LogP contribution in [0.4, 0.5) is 30.4 Å². The van der Waals surface area contributed by atoms with Crippen molar-refractivity contribution in [1.29, 1.82) is 0 Å². The number of rotatable bonds is 6. The van der Waals surface area contributed by atoms with Gasteiger partial charge >= 0.3 is 6.18 Å². The van der Waals surface area contributed by atoms with E-state index < -0.39 is 22.4 Å². The van der Waals surface area contributed by atoms with Gasteiger partial charge in [0.1, 0.15) is 5.69 Å². The molecule has 0 unspecified atom stereocenters. The average Bonchev–Trinajstić information content (AvgIpc) is 3.16. The molecule has 0 spiro atoms. The van der Waals surface area contributed by atoms with E-state index in [0.29, 0.717) is 32.2 Å². The van der Waals surface area contributed by atoms with Crippen LogP contribution in [0.2, 0.25) is 0 Å². The molecule has 0 saturated carbocycles. The number of nitrogens with one attached hydrogen (secondary N) is 1. The van der Waals surface area contributed by atoms with Gasteiger partial charge in [0.15, 0.2) is 0 Å². The van der Waals surface area contributed by atoms with Gasteiger partial charge in [0.2, 0.25) is 11.8 Å². The molecular weight excluding hydrogens is 419 g/mol. The first-order valence-electron chi connectivity index (χ1n) is 9.64. The van der Waals surface area contributed by atoms with Gasteiger partial charge in [-0.2, -0.15) is 13.2 Å². The van der Waals surface area contributed by atoms with E-state index in [9.17, 15) is 28.1 Å². The summed E-state index contributed by atoms with van der Waals surface area (Å²) in [4.78, 5) is 26.2. The van der Waals surface area contributed by atoms with E-state index in [1.165, 1.54) is 0 Å². The van der Waals surface area contributed by atoms with Gasteiger partial charge in [0.05, 0.1) is 22.7 Å². The van der Waals surface area contributed by atoms with Crippen molar-refractivity contribution in [1.82, 2.24) is 10.1 Å². The van der Waals surface area contributed by atoms with Gasteiger partial charge in [-0.1, -0.05) is 19.0 Å². The lowest BCUT2D eigenvalue weighted by atomic mass is 10.1. The van der Waals surface area contributed by atoms with E-state index >= 15 is 0 Å². The molecule has 2 aromatic rings. The number of piperazine rings is 1. The Labute approximate surface area is 175 Å². The number of hydrogen-bond donors (Lipinski definition) is 1. The molecule has 1 aromatic carbocycles. The Balaban J connectivity index is 1.59. The number of amides is 1. The van der Waals surface area contributed by atoms with E-state index in [4.69, 9.17) is 4.52 Å². The highest BCUT2D eigenvalue weighted by atomic mass is 19.4. The van der Waals surface area contributed by atoms with Crippen molar-refractivity contribution in [3.63, 3.8) is 0 Å². The summed E-state index contributed by atoms with van der Waals surface area (Å²) >= 11 is 0. The lowest BCUT2D eigenvalue weighted by molar-refractivity contribution is -0.384. The number of carbonyl (C=O) groups is 1. The van der Waals surface area contributed by atoms with Crippen LogP contribution in [0.5, 0.6) is 0 Å². The molecule has 31 heavy (non-hydrogen) atoms. The molecule has 1 fully saturated rings. The highest BCUT2D eigenvalue weighted by Gasteiger charge is 2.34. The molecule has 9 nitrogen and oxygen atoms in total. The third kappa shape index (κ3) is 5.51. The number of benzene rings is 1. The van der Waals surface area contributed by atoms with Gasteiger partial charge in [0.25, 0.3) is 5.69 Å². The fourth-order valence-electron chi connectivity index (χ4n) is 3.26. The Morgan fingerprint density at radius 2 is 1.94 bits per heavy atom. The number of halogens is 3. The fourth-order valence-corrected chi connectivity index (χ4v) is 3.26. The number of anilines is 2. The minimum atomic E-state index is -4.66. The lowest BCUT2D eigenvalue weighted by Gasteiger charge is -2.35. The number of hydrogen-bond acceptors (Lipinski definition) is 7. The van der Waals surface area contributed by atoms with Crippen molar-refractivity contribution in [3.05, 3.63) is 45.6 Å². The maximum Gasteiger partial charge on any atom is 0.416 e. The molecule has 1 aromatic heterocycles. The number of aromatic nitrogens is 1. The first kappa shape index (κ1) is 22.5. The van der Waals surface area contributed by atoms with Crippen LogP contribution >= 0.6 is 0 Å². The van der Waals surface area contributed by atoms with Crippen LogP contribution in [0, 0.1) is 10.1 Å². The molecule has 1 aliphatic heterocycles. The molecule has 3 rings (SSSR count). The minimum Gasteiger partial charge on any atom is -0.363 e. The molecule has 0 atom stereocenters. The summed E-state index contributed by atoms with van der Waals surface area (Å²) < 4.78 is 43.7. The van der Waals surface area contributed by atoms with Gasteiger partial charge in [-0.25, -0.2) is 0 Å². The molecule has 1 saturated heterocycles. The van der Waals surface area contributed by atoms with Crippen LogP contribution in [-0.2, 0) is 11.0 Å². The van der Waals surface area contributed by atoms with Crippen LogP contribution in [0.1, 0.15) is 31.0 Å². The fraction of sp³-hybridized carbons (Fsp3) is 0.474. The summed E-state index contributed by atoms with van der Waals surface area (Å²) in [5.41, 5.74) is -0.800. The molecule has 1 aliphatic rings. The van der Waals surface area contributed by atoms with Gasteiger partial charge in [-0.05, 0) is 18.1 Å². The Hall–Kier alpha value is -3.15. The van der Waals surface area contributed by atoms with Gasteiger partial charge < -0.3 is 9.42 Å². The van der Waals surface area contributed by atoms with Crippen LogP contribution in [0.3, 0.4) is 0 Å². The summed E-state index contributed by atoms with van der Waals surface area (Å²) in [6.45, 7) is 5.48. The normalized spacial score (nSPS) is 15.4. The van der Waals surface area contributed by atoms with Crippen LogP contribution in [-0.4, -0.2) is 53.6 Å². The van der Waals surface area contributed by atoms with Crippen molar-refractivity contribution < 1.29 is 27.4 Å². The number of nitro groups is 1. The topological polar surface area (TPSA) is 105 Å². The van der Waals surface area contributed by atoms with Gasteiger partial charge in [0, 0.05) is 38.3 Å². The lowest BCUT2D eigenvalue weighted by Crippen LogP contribution is -2.48. The SMILES string of the molecule is CC(C)c1cc(NC(=O)CN2CCN(c3ccc(C(F)(F)F)cc3[N+](=O)[O-])CC2)on1. The van der Waals surface area contributed by atoms with E-state index in [0.717, 1.165) is 17.8 Å². The second-order valence-electron chi connectivity index (χ2n) is 7.54. The van der Waals surface area contributed by atoms with Gasteiger partial charge in [-0.15, -0.1) is 0 Å². The maximum atomic E-state index is 12.9. The number of nitrogens with zero attached hydrogens (tertiary/aromatic N) is 4. The maximum absolute atomic E-state index is 12.9. The number of alkyl halides is 3. The highest BCUT2D eigenvalue weighted by molar-refractivity contribution is 5.91. The number of nitro benzene ring substituents is 1. The highest BCUT2D eigenvalue weighted by Crippen LogP contribution is 2.36. The zero-order valence-electron chi connectivity index (χ0n) is 17.0.